The number of carbonyl (C=O) groups is 1. The van der Waals surface area contributed by atoms with Crippen molar-refractivity contribution in [2.24, 2.45) is 11.8 Å². The highest BCUT2D eigenvalue weighted by Crippen LogP contribution is 2.42. The third-order valence-corrected chi connectivity index (χ3v) is 7.81. The van der Waals surface area contributed by atoms with Gasteiger partial charge < -0.3 is 28.8 Å². The van der Waals surface area contributed by atoms with Gasteiger partial charge in [0, 0.05) is 32.5 Å². The summed E-state index contributed by atoms with van der Waals surface area (Å²) in [6, 6.07) is 10.4. The van der Waals surface area contributed by atoms with Crippen molar-refractivity contribution in [3.8, 4) is 0 Å². The Labute approximate surface area is 204 Å². The molecule has 0 bridgehead atoms. The molecule has 6 heteroatoms. The van der Waals surface area contributed by atoms with E-state index in [2.05, 4.69) is 31.2 Å². The Morgan fingerprint density at radius 2 is 1.74 bits per heavy atom. The van der Waals surface area contributed by atoms with Crippen molar-refractivity contribution in [1.82, 2.24) is 0 Å². The minimum Gasteiger partial charge on any atom is -0.393 e. The zero-order chi connectivity index (χ0) is 23.8. The van der Waals surface area contributed by atoms with Crippen molar-refractivity contribution in [1.29, 1.82) is 0 Å². The molecule has 4 rings (SSSR count). The third kappa shape index (κ3) is 7.11. The van der Waals surface area contributed by atoms with Gasteiger partial charge in [-0.25, -0.2) is 0 Å². The van der Waals surface area contributed by atoms with E-state index in [4.69, 9.17) is 18.9 Å². The number of carbonyl (C=O) groups excluding carboxylic acids is 1. The summed E-state index contributed by atoms with van der Waals surface area (Å²) in [5, 5.41) is 10.8. The van der Waals surface area contributed by atoms with Crippen molar-refractivity contribution in [2.75, 3.05) is 13.2 Å². The molecular weight excluding hydrogens is 432 g/mol. The van der Waals surface area contributed by atoms with Crippen molar-refractivity contribution < 1.29 is 28.8 Å². The molecule has 0 amide bonds. The van der Waals surface area contributed by atoms with E-state index in [9.17, 15) is 9.90 Å². The second-order valence-corrected chi connectivity index (χ2v) is 10.6. The predicted molar refractivity (Wildman–Crippen MR) is 129 cm³/mol. The number of aldehydes is 1. The standard InChI is InChI=1S/C28H42O6/c1-28(20-21-9-3-2-4-10-21,34-27-12-6-8-18-32-27)15-13-23-22(14-16-29)24(30)19-25(23)33-26-11-5-7-17-31-26/h2-4,9-10,16,22-27,30H,5-8,11-15,17-20H2,1H3. The molecule has 0 aromatic heterocycles. The predicted octanol–water partition coefficient (Wildman–Crippen LogP) is 4.81. The van der Waals surface area contributed by atoms with Crippen LogP contribution >= 0.6 is 0 Å². The van der Waals surface area contributed by atoms with Crippen LogP contribution in [-0.2, 0) is 30.2 Å². The van der Waals surface area contributed by atoms with Crippen LogP contribution in [0, 0.1) is 11.8 Å². The van der Waals surface area contributed by atoms with Gasteiger partial charge in [0.2, 0.25) is 0 Å². The lowest BCUT2D eigenvalue weighted by atomic mass is 9.82. The Bertz CT molecular complexity index is 730. The second kappa shape index (κ2) is 12.6. The van der Waals surface area contributed by atoms with E-state index in [0.717, 1.165) is 77.3 Å². The van der Waals surface area contributed by atoms with E-state index in [1.165, 1.54) is 5.56 Å². The van der Waals surface area contributed by atoms with Gasteiger partial charge in [0.05, 0.1) is 17.8 Å². The molecule has 2 heterocycles. The average Bonchev–Trinajstić information content (AvgIpc) is 3.13. The first-order valence-corrected chi connectivity index (χ1v) is 13.3. The quantitative estimate of drug-likeness (QED) is 0.464. The lowest BCUT2D eigenvalue weighted by Gasteiger charge is -2.38. The van der Waals surface area contributed by atoms with Crippen molar-refractivity contribution in [3.63, 3.8) is 0 Å². The van der Waals surface area contributed by atoms with Gasteiger partial charge in [-0.1, -0.05) is 30.3 Å². The number of rotatable bonds is 11. The zero-order valence-electron chi connectivity index (χ0n) is 20.6. The fourth-order valence-electron chi connectivity index (χ4n) is 5.97. The molecule has 2 aliphatic heterocycles. The van der Waals surface area contributed by atoms with Crippen molar-refractivity contribution >= 4 is 6.29 Å². The van der Waals surface area contributed by atoms with Gasteiger partial charge in [-0.2, -0.15) is 0 Å². The highest BCUT2D eigenvalue weighted by atomic mass is 16.7. The molecule has 0 radical (unpaired) electrons. The number of ether oxygens (including phenoxy) is 4. The SMILES string of the molecule is CC(CCC1C(OC2CCCCO2)CC(O)C1CC=O)(Cc1ccccc1)OC1CCCCO1. The van der Waals surface area contributed by atoms with Gasteiger partial charge in [0.25, 0.3) is 0 Å². The Balaban J connectivity index is 1.46. The molecule has 3 fully saturated rings. The first kappa shape index (κ1) is 25.8. The molecule has 2 saturated heterocycles. The van der Waals surface area contributed by atoms with Crippen LogP contribution in [-0.4, -0.2) is 55.0 Å². The van der Waals surface area contributed by atoms with E-state index in [1.54, 1.807) is 0 Å². The molecule has 1 saturated carbocycles. The first-order valence-electron chi connectivity index (χ1n) is 13.3. The summed E-state index contributed by atoms with van der Waals surface area (Å²) in [4.78, 5) is 11.4. The number of hydrogen-bond acceptors (Lipinski definition) is 6. The Kier molecular flexibility index (Phi) is 9.54. The molecular formula is C28H42O6. The first-order chi connectivity index (χ1) is 16.6. The van der Waals surface area contributed by atoms with Crippen molar-refractivity contribution in [3.05, 3.63) is 35.9 Å². The molecule has 1 N–H and O–H groups in total. The molecule has 7 unspecified atom stereocenters. The molecule has 1 aromatic carbocycles. The normalized spacial score (nSPS) is 33.9. The van der Waals surface area contributed by atoms with Gasteiger partial charge in [0.15, 0.2) is 12.6 Å². The van der Waals surface area contributed by atoms with E-state index in [0.29, 0.717) is 12.8 Å². The smallest absolute Gasteiger partial charge is 0.158 e. The van der Waals surface area contributed by atoms with E-state index < -0.39 is 11.7 Å². The van der Waals surface area contributed by atoms with E-state index in [-0.39, 0.29) is 30.5 Å². The minimum atomic E-state index is -0.522. The van der Waals surface area contributed by atoms with Crippen LogP contribution in [0.3, 0.4) is 0 Å². The minimum absolute atomic E-state index is 0.0852. The molecule has 0 spiro atoms. The summed E-state index contributed by atoms with van der Waals surface area (Å²) < 4.78 is 24.8. The maximum absolute atomic E-state index is 11.4. The van der Waals surface area contributed by atoms with Gasteiger partial charge in [-0.05, 0) is 75.7 Å². The molecule has 7 atom stereocenters. The van der Waals surface area contributed by atoms with Crippen LogP contribution in [0.5, 0.6) is 0 Å². The monoisotopic (exact) mass is 474 g/mol. The zero-order valence-corrected chi connectivity index (χ0v) is 20.6. The van der Waals surface area contributed by atoms with Gasteiger partial charge in [-0.15, -0.1) is 0 Å². The van der Waals surface area contributed by atoms with Crippen molar-refractivity contribution in [2.45, 2.75) is 108 Å². The van der Waals surface area contributed by atoms with E-state index >= 15 is 0 Å². The van der Waals surface area contributed by atoms with Crippen LogP contribution in [0.2, 0.25) is 0 Å². The Morgan fingerprint density at radius 1 is 1.03 bits per heavy atom. The summed E-state index contributed by atoms with van der Waals surface area (Å²) in [6.45, 7) is 3.66. The molecule has 6 nitrogen and oxygen atoms in total. The lowest BCUT2D eigenvalue weighted by Crippen LogP contribution is -2.40. The van der Waals surface area contributed by atoms with Crippen LogP contribution in [0.1, 0.15) is 76.7 Å². The summed E-state index contributed by atoms with van der Waals surface area (Å²) in [7, 11) is 0. The Hall–Kier alpha value is -1.31. The fourth-order valence-corrected chi connectivity index (χ4v) is 5.97. The highest BCUT2D eigenvalue weighted by molar-refractivity contribution is 5.50. The highest BCUT2D eigenvalue weighted by Gasteiger charge is 2.45. The summed E-state index contributed by atoms with van der Waals surface area (Å²) in [5.41, 5.74) is 0.828. The van der Waals surface area contributed by atoms with Gasteiger partial charge in [-0.3, -0.25) is 0 Å². The molecule has 34 heavy (non-hydrogen) atoms. The molecule has 1 aliphatic carbocycles. The third-order valence-electron chi connectivity index (χ3n) is 7.81. The lowest BCUT2D eigenvalue weighted by molar-refractivity contribution is -0.224. The summed E-state index contributed by atoms with van der Waals surface area (Å²) in [6.07, 6.45) is 9.48. The maximum Gasteiger partial charge on any atom is 0.158 e. The molecule has 3 aliphatic rings. The van der Waals surface area contributed by atoms with Gasteiger partial charge in [0.1, 0.15) is 6.29 Å². The summed E-state index contributed by atoms with van der Waals surface area (Å²) in [5.74, 6) is 0.00898. The number of hydrogen-bond donors (Lipinski definition) is 1. The van der Waals surface area contributed by atoms with Crippen LogP contribution in [0.15, 0.2) is 30.3 Å². The van der Waals surface area contributed by atoms with Crippen LogP contribution in [0.25, 0.3) is 0 Å². The van der Waals surface area contributed by atoms with E-state index in [1.807, 2.05) is 6.07 Å². The number of aliphatic hydroxyl groups is 1. The molecule has 1 aromatic rings. The second-order valence-electron chi connectivity index (χ2n) is 10.6. The fraction of sp³-hybridized carbons (Fsp3) is 0.750. The Morgan fingerprint density at radius 3 is 2.38 bits per heavy atom. The van der Waals surface area contributed by atoms with Crippen LogP contribution < -0.4 is 0 Å². The van der Waals surface area contributed by atoms with Crippen LogP contribution in [0.4, 0.5) is 0 Å². The maximum atomic E-state index is 11.4. The average molecular weight is 475 g/mol. The van der Waals surface area contributed by atoms with Gasteiger partial charge >= 0.3 is 0 Å². The largest absolute Gasteiger partial charge is 0.393 e. The number of aliphatic hydroxyl groups excluding tert-OH is 1. The molecule has 190 valence electrons. The number of benzene rings is 1. The topological polar surface area (TPSA) is 74.2 Å². The summed E-state index contributed by atoms with van der Waals surface area (Å²) >= 11 is 0.